The van der Waals surface area contributed by atoms with Gasteiger partial charge >= 0.3 is 0 Å². The van der Waals surface area contributed by atoms with Crippen LogP contribution < -0.4 is 5.73 Å². The van der Waals surface area contributed by atoms with Crippen LogP contribution in [-0.4, -0.2) is 23.9 Å². The SMILES string of the molecule is CC1CCN(C(=O)CCC(N)c2ccccc2)C1. The molecule has 1 saturated heterocycles. The predicted molar refractivity (Wildman–Crippen MR) is 73.0 cm³/mol. The summed E-state index contributed by atoms with van der Waals surface area (Å²) in [6, 6.07) is 9.96. The first-order chi connectivity index (χ1) is 8.66. The Bertz CT molecular complexity index is 391. The first-order valence-corrected chi connectivity index (χ1v) is 6.75. The van der Waals surface area contributed by atoms with Crippen molar-refractivity contribution in [2.45, 2.75) is 32.2 Å². The van der Waals surface area contributed by atoms with Crippen LogP contribution in [0.25, 0.3) is 0 Å². The Kier molecular flexibility index (Phi) is 4.37. The number of rotatable bonds is 4. The molecule has 0 bridgehead atoms. The molecule has 2 atom stereocenters. The molecule has 0 radical (unpaired) electrons. The van der Waals surface area contributed by atoms with E-state index in [9.17, 15) is 4.79 Å². The Labute approximate surface area is 109 Å². The van der Waals surface area contributed by atoms with E-state index in [0.717, 1.165) is 31.5 Å². The van der Waals surface area contributed by atoms with Crippen LogP contribution in [0.1, 0.15) is 37.8 Å². The molecule has 0 saturated carbocycles. The molecule has 3 nitrogen and oxygen atoms in total. The van der Waals surface area contributed by atoms with Gasteiger partial charge in [-0.1, -0.05) is 37.3 Å². The van der Waals surface area contributed by atoms with E-state index in [-0.39, 0.29) is 11.9 Å². The molecule has 1 aliphatic heterocycles. The van der Waals surface area contributed by atoms with Crippen LogP contribution in [0.5, 0.6) is 0 Å². The molecule has 1 aliphatic rings. The number of nitrogens with zero attached hydrogens (tertiary/aromatic N) is 1. The molecule has 2 N–H and O–H groups in total. The molecule has 1 aromatic carbocycles. The number of amides is 1. The van der Waals surface area contributed by atoms with Crippen LogP contribution in [0, 0.1) is 5.92 Å². The minimum Gasteiger partial charge on any atom is -0.342 e. The number of hydrogen-bond acceptors (Lipinski definition) is 2. The highest BCUT2D eigenvalue weighted by Crippen LogP contribution is 2.19. The summed E-state index contributed by atoms with van der Waals surface area (Å²) in [7, 11) is 0. The second-order valence-corrected chi connectivity index (χ2v) is 5.29. The maximum Gasteiger partial charge on any atom is 0.222 e. The lowest BCUT2D eigenvalue weighted by Crippen LogP contribution is -2.29. The highest BCUT2D eigenvalue weighted by Gasteiger charge is 2.23. The van der Waals surface area contributed by atoms with Crippen molar-refractivity contribution in [3.63, 3.8) is 0 Å². The Morgan fingerprint density at radius 3 is 2.78 bits per heavy atom. The average molecular weight is 246 g/mol. The quantitative estimate of drug-likeness (QED) is 0.886. The second-order valence-electron chi connectivity index (χ2n) is 5.29. The van der Waals surface area contributed by atoms with Gasteiger partial charge in [0.25, 0.3) is 0 Å². The highest BCUT2D eigenvalue weighted by molar-refractivity contribution is 5.76. The lowest BCUT2D eigenvalue weighted by molar-refractivity contribution is -0.130. The molecule has 2 unspecified atom stereocenters. The van der Waals surface area contributed by atoms with Gasteiger partial charge in [0.15, 0.2) is 0 Å². The monoisotopic (exact) mass is 246 g/mol. The fraction of sp³-hybridized carbons (Fsp3) is 0.533. The van der Waals surface area contributed by atoms with Crippen molar-refractivity contribution < 1.29 is 4.79 Å². The van der Waals surface area contributed by atoms with Crippen molar-refractivity contribution in [2.75, 3.05) is 13.1 Å². The summed E-state index contributed by atoms with van der Waals surface area (Å²) >= 11 is 0. The molecule has 0 aromatic heterocycles. The molecule has 0 spiro atoms. The van der Waals surface area contributed by atoms with Gasteiger partial charge in [0.05, 0.1) is 0 Å². The van der Waals surface area contributed by atoms with Gasteiger partial charge < -0.3 is 10.6 Å². The number of hydrogen-bond donors (Lipinski definition) is 1. The Morgan fingerprint density at radius 2 is 2.17 bits per heavy atom. The lowest BCUT2D eigenvalue weighted by atomic mass is 10.0. The Morgan fingerprint density at radius 1 is 1.44 bits per heavy atom. The molecule has 0 aliphatic carbocycles. The minimum absolute atomic E-state index is 0.0322. The molecular weight excluding hydrogens is 224 g/mol. The summed E-state index contributed by atoms with van der Waals surface area (Å²) in [5.41, 5.74) is 7.21. The summed E-state index contributed by atoms with van der Waals surface area (Å²) in [6.45, 7) is 4.03. The summed E-state index contributed by atoms with van der Waals surface area (Å²) in [4.78, 5) is 14.0. The van der Waals surface area contributed by atoms with Crippen LogP contribution in [0.2, 0.25) is 0 Å². The first kappa shape index (κ1) is 13.1. The van der Waals surface area contributed by atoms with Gasteiger partial charge in [-0.05, 0) is 24.3 Å². The largest absolute Gasteiger partial charge is 0.342 e. The topological polar surface area (TPSA) is 46.3 Å². The molecule has 98 valence electrons. The van der Waals surface area contributed by atoms with E-state index in [1.54, 1.807) is 0 Å². The third kappa shape index (κ3) is 3.33. The zero-order valence-corrected chi connectivity index (χ0v) is 11.0. The maximum atomic E-state index is 12.0. The van der Waals surface area contributed by atoms with Crippen molar-refractivity contribution >= 4 is 5.91 Å². The number of nitrogens with two attached hydrogens (primary N) is 1. The van der Waals surface area contributed by atoms with Gasteiger partial charge in [-0.25, -0.2) is 0 Å². The molecule has 3 heteroatoms. The van der Waals surface area contributed by atoms with E-state index in [2.05, 4.69) is 6.92 Å². The van der Waals surface area contributed by atoms with Crippen molar-refractivity contribution in [2.24, 2.45) is 11.7 Å². The van der Waals surface area contributed by atoms with E-state index in [0.29, 0.717) is 12.3 Å². The molecule has 2 rings (SSSR count). The van der Waals surface area contributed by atoms with E-state index >= 15 is 0 Å². The summed E-state index contributed by atoms with van der Waals surface area (Å²) in [5.74, 6) is 0.905. The van der Waals surface area contributed by atoms with Crippen LogP contribution in [0.4, 0.5) is 0 Å². The molecule has 18 heavy (non-hydrogen) atoms. The smallest absolute Gasteiger partial charge is 0.222 e. The summed E-state index contributed by atoms with van der Waals surface area (Å²) < 4.78 is 0. The first-order valence-electron chi connectivity index (χ1n) is 6.75. The van der Waals surface area contributed by atoms with Gasteiger partial charge in [0.2, 0.25) is 5.91 Å². The van der Waals surface area contributed by atoms with E-state index in [4.69, 9.17) is 5.73 Å². The molecule has 1 aromatic rings. The zero-order valence-electron chi connectivity index (χ0n) is 11.0. The summed E-state index contributed by atoms with van der Waals surface area (Å²) in [5, 5.41) is 0. The van der Waals surface area contributed by atoms with Crippen molar-refractivity contribution in [3.05, 3.63) is 35.9 Å². The third-order valence-electron chi connectivity index (χ3n) is 3.67. The number of benzene rings is 1. The third-order valence-corrected chi connectivity index (χ3v) is 3.67. The standard InChI is InChI=1S/C15H22N2O/c1-12-9-10-17(11-12)15(18)8-7-14(16)13-5-3-2-4-6-13/h2-6,12,14H,7-11,16H2,1H3. The van der Waals surface area contributed by atoms with Crippen molar-refractivity contribution in [1.82, 2.24) is 4.90 Å². The van der Waals surface area contributed by atoms with E-state index < -0.39 is 0 Å². The zero-order chi connectivity index (χ0) is 13.0. The highest BCUT2D eigenvalue weighted by atomic mass is 16.2. The molecule has 1 amide bonds. The normalized spacial score (nSPS) is 21.0. The average Bonchev–Trinajstić information content (AvgIpc) is 2.83. The number of carbonyl (C=O) groups is 1. The maximum absolute atomic E-state index is 12.0. The van der Waals surface area contributed by atoms with Crippen LogP contribution in [0.15, 0.2) is 30.3 Å². The van der Waals surface area contributed by atoms with Gasteiger partial charge in [0, 0.05) is 25.6 Å². The number of likely N-dealkylation sites (tertiary alicyclic amines) is 1. The van der Waals surface area contributed by atoms with Crippen LogP contribution in [-0.2, 0) is 4.79 Å². The minimum atomic E-state index is -0.0322. The molecule has 1 fully saturated rings. The van der Waals surface area contributed by atoms with Crippen LogP contribution in [0.3, 0.4) is 0 Å². The van der Waals surface area contributed by atoms with Crippen molar-refractivity contribution in [3.8, 4) is 0 Å². The molecule has 1 heterocycles. The van der Waals surface area contributed by atoms with Gasteiger partial charge in [-0.3, -0.25) is 4.79 Å². The van der Waals surface area contributed by atoms with Crippen molar-refractivity contribution in [1.29, 1.82) is 0 Å². The Hall–Kier alpha value is -1.35. The van der Waals surface area contributed by atoms with Gasteiger partial charge in [-0.15, -0.1) is 0 Å². The fourth-order valence-electron chi connectivity index (χ4n) is 2.47. The predicted octanol–water partition coefficient (Wildman–Crippen LogP) is 2.33. The fourth-order valence-corrected chi connectivity index (χ4v) is 2.47. The lowest BCUT2D eigenvalue weighted by Gasteiger charge is -2.17. The van der Waals surface area contributed by atoms with Gasteiger partial charge in [0.1, 0.15) is 0 Å². The Balaban J connectivity index is 1.79. The number of carbonyl (C=O) groups excluding carboxylic acids is 1. The van der Waals surface area contributed by atoms with E-state index in [1.807, 2.05) is 35.2 Å². The second kappa shape index (κ2) is 6.01. The molecular formula is C15H22N2O. The van der Waals surface area contributed by atoms with E-state index in [1.165, 1.54) is 0 Å². The van der Waals surface area contributed by atoms with Gasteiger partial charge in [-0.2, -0.15) is 0 Å². The van der Waals surface area contributed by atoms with Crippen LogP contribution >= 0.6 is 0 Å². The summed E-state index contributed by atoms with van der Waals surface area (Å²) in [6.07, 6.45) is 2.42.